The van der Waals surface area contributed by atoms with Crippen molar-refractivity contribution in [2.45, 2.75) is 12.8 Å². The molecule has 0 bridgehead atoms. The van der Waals surface area contributed by atoms with E-state index in [9.17, 15) is 4.79 Å². The van der Waals surface area contributed by atoms with Gasteiger partial charge in [0, 0.05) is 13.2 Å². The molecule has 18 heavy (non-hydrogen) atoms. The first kappa shape index (κ1) is 12.4. The van der Waals surface area contributed by atoms with Crippen LogP contribution in [-0.4, -0.2) is 22.4 Å². The van der Waals surface area contributed by atoms with Crippen LogP contribution in [0.25, 0.3) is 0 Å². The average molecular weight is 244 g/mol. The zero-order chi connectivity index (χ0) is 12.8. The van der Waals surface area contributed by atoms with Crippen molar-refractivity contribution < 1.29 is 9.53 Å². The standard InChI is InChI=1S/C14H16N2O2/c1-16-11-13(10-15-16)14(17)18-9-5-8-12-6-3-2-4-7-12/h2-4,6-7,10-11H,5,8-9H2,1H3. The zero-order valence-corrected chi connectivity index (χ0v) is 10.4. The molecule has 0 aliphatic heterocycles. The Bertz CT molecular complexity index is 506. The van der Waals surface area contributed by atoms with E-state index in [1.165, 1.54) is 11.8 Å². The van der Waals surface area contributed by atoms with E-state index in [0.717, 1.165) is 12.8 Å². The first-order chi connectivity index (χ1) is 8.75. The molecule has 0 N–H and O–H groups in total. The highest BCUT2D eigenvalue weighted by Crippen LogP contribution is 2.04. The van der Waals surface area contributed by atoms with E-state index in [0.29, 0.717) is 12.2 Å². The lowest BCUT2D eigenvalue weighted by Crippen LogP contribution is -2.06. The van der Waals surface area contributed by atoms with Crippen molar-refractivity contribution in [3.63, 3.8) is 0 Å². The largest absolute Gasteiger partial charge is 0.462 e. The van der Waals surface area contributed by atoms with Gasteiger partial charge in [0.1, 0.15) is 0 Å². The molecule has 0 aliphatic carbocycles. The maximum absolute atomic E-state index is 11.6. The van der Waals surface area contributed by atoms with Gasteiger partial charge >= 0.3 is 5.97 Å². The Hall–Kier alpha value is -2.10. The van der Waals surface area contributed by atoms with E-state index in [1.807, 2.05) is 18.2 Å². The molecule has 2 aromatic rings. The van der Waals surface area contributed by atoms with E-state index in [4.69, 9.17) is 4.74 Å². The quantitative estimate of drug-likeness (QED) is 0.598. The fourth-order valence-corrected chi connectivity index (χ4v) is 1.70. The topological polar surface area (TPSA) is 44.1 Å². The summed E-state index contributed by atoms with van der Waals surface area (Å²) in [6.07, 6.45) is 4.91. The van der Waals surface area contributed by atoms with E-state index >= 15 is 0 Å². The minimum Gasteiger partial charge on any atom is -0.462 e. The first-order valence-corrected chi connectivity index (χ1v) is 5.95. The van der Waals surface area contributed by atoms with Crippen LogP contribution in [0.3, 0.4) is 0 Å². The summed E-state index contributed by atoms with van der Waals surface area (Å²) in [4.78, 5) is 11.6. The molecule has 0 saturated heterocycles. The number of carbonyl (C=O) groups is 1. The first-order valence-electron chi connectivity index (χ1n) is 5.95. The van der Waals surface area contributed by atoms with Gasteiger partial charge < -0.3 is 4.74 Å². The van der Waals surface area contributed by atoms with Crippen molar-refractivity contribution in [2.75, 3.05) is 6.61 Å². The molecule has 1 aromatic heterocycles. The minimum absolute atomic E-state index is 0.309. The third-order valence-electron chi connectivity index (χ3n) is 2.63. The molecule has 0 radical (unpaired) electrons. The summed E-state index contributed by atoms with van der Waals surface area (Å²) < 4.78 is 6.75. The van der Waals surface area contributed by atoms with Gasteiger partial charge in [0.15, 0.2) is 0 Å². The summed E-state index contributed by atoms with van der Waals surface area (Å²) in [5.41, 5.74) is 1.76. The normalized spacial score (nSPS) is 10.3. The lowest BCUT2D eigenvalue weighted by molar-refractivity contribution is 0.0500. The summed E-state index contributed by atoms with van der Waals surface area (Å²) in [6.45, 7) is 0.433. The highest BCUT2D eigenvalue weighted by Gasteiger charge is 2.08. The molecule has 4 heteroatoms. The van der Waals surface area contributed by atoms with Crippen LogP contribution in [-0.2, 0) is 18.2 Å². The number of hydrogen-bond donors (Lipinski definition) is 0. The van der Waals surface area contributed by atoms with Crippen LogP contribution < -0.4 is 0 Å². The van der Waals surface area contributed by atoms with Crippen molar-refractivity contribution in [3.8, 4) is 0 Å². The second-order valence-corrected chi connectivity index (χ2v) is 4.13. The Morgan fingerprint density at radius 2 is 2.11 bits per heavy atom. The Morgan fingerprint density at radius 3 is 2.78 bits per heavy atom. The number of aryl methyl sites for hydroxylation is 2. The van der Waals surface area contributed by atoms with Crippen LogP contribution >= 0.6 is 0 Å². The molecule has 2 rings (SSSR count). The minimum atomic E-state index is -0.309. The Balaban J connectivity index is 1.71. The van der Waals surface area contributed by atoms with Crippen LogP contribution in [0.15, 0.2) is 42.7 Å². The van der Waals surface area contributed by atoms with Gasteiger partial charge in [-0.3, -0.25) is 4.68 Å². The van der Waals surface area contributed by atoms with Gasteiger partial charge in [0.05, 0.1) is 18.4 Å². The lowest BCUT2D eigenvalue weighted by atomic mass is 10.1. The van der Waals surface area contributed by atoms with Crippen LogP contribution in [0, 0.1) is 0 Å². The molecule has 4 nitrogen and oxygen atoms in total. The maximum atomic E-state index is 11.6. The summed E-state index contributed by atoms with van der Waals surface area (Å²) in [5, 5.41) is 3.93. The Kier molecular flexibility index (Phi) is 4.12. The zero-order valence-electron chi connectivity index (χ0n) is 10.4. The maximum Gasteiger partial charge on any atom is 0.341 e. The van der Waals surface area contributed by atoms with Crippen LogP contribution in [0.5, 0.6) is 0 Å². The highest BCUT2D eigenvalue weighted by molar-refractivity contribution is 5.88. The van der Waals surface area contributed by atoms with Crippen molar-refractivity contribution in [3.05, 3.63) is 53.9 Å². The molecule has 0 spiro atoms. The van der Waals surface area contributed by atoms with Gasteiger partial charge in [0.25, 0.3) is 0 Å². The molecule has 0 fully saturated rings. The summed E-state index contributed by atoms with van der Waals surface area (Å²) in [6, 6.07) is 10.2. The van der Waals surface area contributed by atoms with Crippen LogP contribution in [0.1, 0.15) is 22.3 Å². The lowest BCUT2D eigenvalue weighted by Gasteiger charge is -2.03. The van der Waals surface area contributed by atoms with Crippen molar-refractivity contribution in [1.29, 1.82) is 0 Å². The Morgan fingerprint density at radius 1 is 1.33 bits per heavy atom. The van der Waals surface area contributed by atoms with Crippen LogP contribution in [0.4, 0.5) is 0 Å². The molecule has 0 atom stereocenters. The van der Waals surface area contributed by atoms with Gasteiger partial charge in [0.2, 0.25) is 0 Å². The van der Waals surface area contributed by atoms with E-state index < -0.39 is 0 Å². The van der Waals surface area contributed by atoms with E-state index in [1.54, 1.807) is 17.9 Å². The predicted molar refractivity (Wildman–Crippen MR) is 68.3 cm³/mol. The summed E-state index contributed by atoms with van der Waals surface area (Å²) in [7, 11) is 1.77. The average Bonchev–Trinajstić information content (AvgIpc) is 2.82. The molecular formula is C14H16N2O2. The van der Waals surface area contributed by atoms with Crippen molar-refractivity contribution >= 4 is 5.97 Å². The molecule has 0 unspecified atom stereocenters. The highest BCUT2D eigenvalue weighted by atomic mass is 16.5. The number of hydrogen-bond acceptors (Lipinski definition) is 3. The molecule has 1 heterocycles. The fraction of sp³-hybridized carbons (Fsp3) is 0.286. The number of esters is 1. The number of benzene rings is 1. The monoisotopic (exact) mass is 244 g/mol. The number of carbonyl (C=O) groups excluding carboxylic acids is 1. The third-order valence-corrected chi connectivity index (χ3v) is 2.63. The molecule has 1 aromatic carbocycles. The van der Waals surface area contributed by atoms with Gasteiger partial charge in [-0.15, -0.1) is 0 Å². The molecule has 0 saturated carbocycles. The van der Waals surface area contributed by atoms with Crippen LogP contribution in [0.2, 0.25) is 0 Å². The smallest absolute Gasteiger partial charge is 0.341 e. The van der Waals surface area contributed by atoms with Crippen molar-refractivity contribution in [1.82, 2.24) is 9.78 Å². The fourth-order valence-electron chi connectivity index (χ4n) is 1.70. The van der Waals surface area contributed by atoms with Gasteiger partial charge in [-0.05, 0) is 18.4 Å². The number of aromatic nitrogens is 2. The molecule has 94 valence electrons. The number of ether oxygens (including phenoxy) is 1. The third kappa shape index (κ3) is 3.45. The second-order valence-electron chi connectivity index (χ2n) is 4.13. The van der Waals surface area contributed by atoms with Gasteiger partial charge in [-0.2, -0.15) is 5.10 Å². The van der Waals surface area contributed by atoms with E-state index in [2.05, 4.69) is 17.2 Å². The Labute approximate surface area is 106 Å². The second kappa shape index (κ2) is 6.00. The van der Waals surface area contributed by atoms with Gasteiger partial charge in [-0.1, -0.05) is 30.3 Å². The van der Waals surface area contributed by atoms with Gasteiger partial charge in [-0.25, -0.2) is 4.79 Å². The summed E-state index contributed by atoms with van der Waals surface area (Å²) in [5.74, 6) is -0.309. The number of rotatable bonds is 5. The summed E-state index contributed by atoms with van der Waals surface area (Å²) >= 11 is 0. The predicted octanol–water partition coefficient (Wildman–Crippen LogP) is 2.21. The van der Waals surface area contributed by atoms with E-state index in [-0.39, 0.29) is 5.97 Å². The molecule has 0 amide bonds. The molecule has 0 aliphatic rings. The number of nitrogens with zero attached hydrogens (tertiary/aromatic N) is 2. The SMILES string of the molecule is Cn1cc(C(=O)OCCCc2ccccc2)cn1. The van der Waals surface area contributed by atoms with Crippen molar-refractivity contribution in [2.24, 2.45) is 7.05 Å². The molecular weight excluding hydrogens is 228 g/mol.